The summed E-state index contributed by atoms with van der Waals surface area (Å²) in [5.41, 5.74) is 0.946. The summed E-state index contributed by atoms with van der Waals surface area (Å²) >= 11 is 0. The molecule has 2 saturated heterocycles. The van der Waals surface area contributed by atoms with E-state index in [1.165, 1.54) is 0 Å². The van der Waals surface area contributed by atoms with E-state index in [4.69, 9.17) is 4.74 Å². The molecule has 0 radical (unpaired) electrons. The van der Waals surface area contributed by atoms with Crippen molar-refractivity contribution >= 4 is 11.7 Å². The van der Waals surface area contributed by atoms with E-state index in [2.05, 4.69) is 25.1 Å². The van der Waals surface area contributed by atoms with Crippen LogP contribution in [0.5, 0.6) is 0 Å². The predicted octanol–water partition coefficient (Wildman–Crippen LogP) is 0.448. The number of nitrogens with zero attached hydrogens (tertiary/aromatic N) is 4. The summed E-state index contributed by atoms with van der Waals surface area (Å²) in [6.07, 6.45) is 3.70. The van der Waals surface area contributed by atoms with Crippen LogP contribution in [-0.4, -0.2) is 73.3 Å². The Morgan fingerprint density at radius 1 is 1.25 bits per heavy atom. The molecule has 0 bridgehead atoms. The van der Waals surface area contributed by atoms with Crippen molar-refractivity contribution in [3.63, 3.8) is 0 Å². The second-order valence-corrected chi connectivity index (χ2v) is 6.61. The number of carbonyl (C=O) groups excluding carboxylic acids is 1. The summed E-state index contributed by atoms with van der Waals surface area (Å²) in [6.45, 7) is 6.91. The van der Waals surface area contributed by atoms with Crippen molar-refractivity contribution in [3.05, 3.63) is 18.1 Å². The summed E-state index contributed by atoms with van der Waals surface area (Å²) in [5.74, 6) is 0.950. The largest absolute Gasteiger partial charge is 0.381 e. The van der Waals surface area contributed by atoms with Crippen molar-refractivity contribution in [2.75, 3.05) is 51.3 Å². The van der Waals surface area contributed by atoms with Gasteiger partial charge in [0.05, 0.1) is 5.92 Å². The summed E-state index contributed by atoms with van der Waals surface area (Å²) in [6, 6.07) is 2.50. The monoisotopic (exact) mass is 333 g/mol. The fourth-order valence-corrected chi connectivity index (χ4v) is 3.61. The molecule has 2 fully saturated rings. The van der Waals surface area contributed by atoms with Gasteiger partial charge in [0.25, 0.3) is 0 Å². The number of carbonyl (C=O) groups is 1. The first kappa shape index (κ1) is 17.1. The smallest absolute Gasteiger partial charge is 0.225 e. The van der Waals surface area contributed by atoms with Crippen LogP contribution in [0.25, 0.3) is 0 Å². The second-order valence-electron chi connectivity index (χ2n) is 6.61. The molecule has 1 unspecified atom stereocenters. The van der Waals surface area contributed by atoms with E-state index in [1.54, 1.807) is 13.4 Å². The van der Waals surface area contributed by atoms with E-state index in [0.717, 1.165) is 57.2 Å². The highest BCUT2D eigenvalue weighted by molar-refractivity contribution is 5.79. The van der Waals surface area contributed by atoms with Gasteiger partial charge in [0, 0.05) is 64.2 Å². The number of amides is 1. The predicted molar refractivity (Wildman–Crippen MR) is 92.0 cm³/mol. The Hall–Kier alpha value is -1.73. The number of aryl methyl sites for hydroxylation is 1. The minimum atomic E-state index is -0.0596. The molecular weight excluding hydrogens is 306 g/mol. The molecule has 0 saturated carbocycles. The van der Waals surface area contributed by atoms with Crippen molar-refractivity contribution in [2.24, 2.45) is 5.92 Å². The van der Waals surface area contributed by atoms with Crippen LogP contribution in [-0.2, 0) is 9.53 Å². The van der Waals surface area contributed by atoms with Gasteiger partial charge in [0.2, 0.25) is 5.91 Å². The molecule has 2 aliphatic rings. The highest BCUT2D eigenvalue weighted by atomic mass is 16.5. The molecule has 2 aliphatic heterocycles. The van der Waals surface area contributed by atoms with Crippen molar-refractivity contribution in [1.82, 2.24) is 20.2 Å². The maximum absolute atomic E-state index is 12.4. The standard InChI is InChI=1S/C17H27N5O2/c1-13-9-16(20-12-19-13)22-6-5-21(15-3-7-24-8-4-15)10-14(11-22)17(23)18-2/h9,12,14-15H,3-8,10-11H2,1-2H3,(H,18,23). The van der Waals surface area contributed by atoms with E-state index in [9.17, 15) is 4.79 Å². The van der Waals surface area contributed by atoms with Crippen LogP contribution >= 0.6 is 0 Å². The Morgan fingerprint density at radius 3 is 2.75 bits per heavy atom. The lowest BCUT2D eigenvalue weighted by molar-refractivity contribution is -0.124. The van der Waals surface area contributed by atoms with Crippen molar-refractivity contribution in [3.8, 4) is 0 Å². The minimum Gasteiger partial charge on any atom is -0.381 e. The molecule has 1 aromatic heterocycles. The maximum Gasteiger partial charge on any atom is 0.225 e. The number of ether oxygens (including phenoxy) is 1. The average molecular weight is 333 g/mol. The molecule has 1 N–H and O–H groups in total. The Bertz CT molecular complexity index is 562. The van der Waals surface area contributed by atoms with Crippen LogP contribution in [0.15, 0.2) is 12.4 Å². The first-order chi connectivity index (χ1) is 11.7. The third-order valence-electron chi connectivity index (χ3n) is 4.99. The first-order valence-electron chi connectivity index (χ1n) is 8.74. The van der Waals surface area contributed by atoms with Gasteiger partial charge in [-0.2, -0.15) is 0 Å². The van der Waals surface area contributed by atoms with Gasteiger partial charge in [-0.15, -0.1) is 0 Å². The number of anilines is 1. The highest BCUT2D eigenvalue weighted by Gasteiger charge is 2.32. The molecule has 0 spiro atoms. The van der Waals surface area contributed by atoms with Crippen LogP contribution in [0.2, 0.25) is 0 Å². The highest BCUT2D eigenvalue weighted by Crippen LogP contribution is 2.22. The van der Waals surface area contributed by atoms with Crippen LogP contribution in [0, 0.1) is 12.8 Å². The van der Waals surface area contributed by atoms with Gasteiger partial charge in [-0.1, -0.05) is 0 Å². The average Bonchev–Trinajstić information content (AvgIpc) is 2.85. The second kappa shape index (κ2) is 7.90. The lowest BCUT2D eigenvalue weighted by atomic mass is 10.0. The van der Waals surface area contributed by atoms with Crippen molar-refractivity contribution in [1.29, 1.82) is 0 Å². The summed E-state index contributed by atoms with van der Waals surface area (Å²) in [4.78, 5) is 25.6. The van der Waals surface area contributed by atoms with Gasteiger partial charge in [-0.05, 0) is 19.8 Å². The van der Waals surface area contributed by atoms with Crippen LogP contribution < -0.4 is 10.2 Å². The van der Waals surface area contributed by atoms with Crippen molar-refractivity contribution in [2.45, 2.75) is 25.8 Å². The third-order valence-corrected chi connectivity index (χ3v) is 4.99. The Morgan fingerprint density at radius 2 is 2.04 bits per heavy atom. The first-order valence-corrected chi connectivity index (χ1v) is 8.74. The molecular formula is C17H27N5O2. The van der Waals surface area contributed by atoms with E-state index in [0.29, 0.717) is 12.6 Å². The number of nitrogens with one attached hydrogen (secondary N) is 1. The van der Waals surface area contributed by atoms with Crippen LogP contribution in [0.3, 0.4) is 0 Å². The fourth-order valence-electron chi connectivity index (χ4n) is 3.61. The molecule has 7 heteroatoms. The van der Waals surface area contributed by atoms with Crippen LogP contribution in [0.4, 0.5) is 5.82 Å². The zero-order valence-corrected chi connectivity index (χ0v) is 14.6. The topological polar surface area (TPSA) is 70.6 Å². The van der Waals surface area contributed by atoms with Gasteiger partial charge in [-0.25, -0.2) is 9.97 Å². The quantitative estimate of drug-likeness (QED) is 0.866. The normalized spacial score (nSPS) is 23.8. The molecule has 0 aliphatic carbocycles. The Kier molecular flexibility index (Phi) is 5.63. The number of hydrogen-bond donors (Lipinski definition) is 1. The molecule has 1 amide bonds. The van der Waals surface area contributed by atoms with E-state index >= 15 is 0 Å². The zero-order chi connectivity index (χ0) is 16.9. The number of aromatic nitrogens is 2. The summed E-state index contributed by atoms with van der Waals surface area (Å²) in [5, 5.41) is 2.82. The summed E-state index contributed by atoms with van der Waals surface area (Å²) in [7, 11) is 1.71. The molecule has 3 heterocycles. The van der Waals surface area contributed by atoms with E-state index < -0.39 is 0 Å². The van der Waals surface area contributed by atoms with Gasteiger partial charge in [-0.3, -0.25) is 9.69 Å². The van der Waals surface area contributed by atoms with Gasteiger partial charge >= 0.3 is 0 Å². The molecule has 3 rings (SSSR count). The van der Waals surface area contributed by atoms with E-state index in [1.807, 2.05) is 13.0 Å². The minimum absolute atomic E-state index is 0.0596. The molecule has 1 atom stereocenters. The fraction of sp³-hybridized carbons (Fsp3) is 0.706. The molecule has 1 aromatic rings. The Balaban J connectivity index is 1.77. The lowest BCUT2D eigenvalue weighted by Crippen LogP contribution is -2.45. The number of rotatable bonds is 3. The van der Waals surface area contributed by atoms with Crippen LogP contribution in [0.1, 0.15) is 18.5 Å². The van der Waals surface area contributed by atoms with Gasteiger partial charge in [0.15, 0.2) is 0 Å². The lowest BCUT2D eigenvalue weighted by Gasteiger charge is -2.34. The number of hydrogen-bond acceptors (Lipinski definition) is 6. The van der Waals surface area contributed by atoms with Gasteiger partial charge < -0.3 is 15.0 Å². The SMILES string of the molecule is CNC(=O)C1CN(c2cc(C)ncn2)CCN(C2CCOCC2)C1. The maximum atomic E-state index is 12.4. The van der Waals surface area contributed by atoms with Crippen molar-refractivity contribution < 1.29 is 9.53 Å². The Labute approximate surface area is 143 Å². The summed E-state index contributed by atoms with van der Waals surface area (Å²) < 4.78 is 5.49. The molecule has 7 nitrogen and oxygen atoms in total. The zero-order valence-electron chi connectivity index (χ0n) is 14.6. The third kappa shape index (κ3) is 4.02. The van der Waals surface area contributed by atoms with E-state index in [-0.39, 0.29) is 11.8 Å². The van der Waals surface area contributed by atoms with Gasteiger partial charge in [0.1, 0.15) is 12.1 Å². The molecule has 24 heavy (non-hydrogen) atoms. The molecule has 0 aromatic carbocycles. The molecule has 132 valence electrons.